The van der Waals surface area contributed by atoms with Crippen LogP contribution >= 0.6 is 11.3 Å². The highest BCUT2D eigenvalue weighted by Gasteiger charge is 2.18. The number of benzene rings is 1. The van der Waals surface area contributed by atoms with Crippen LogP contribution in [0.3, 0.4) is 0 Å². The van der Waals surface area contributed by atoms with Gasteiger partial charge in [0, 0.05) is 76.7 Å². The molecular formula is C27H28N6S. The van der Waals surface area contributed by atoms with E-state index in [9.17, 15) is 0 Å². The summed E-state index contributed by atoms with van der Waals surface area (Å²) in [6, 6.07) is 12.9. The van der Waals surface area contributed by atoms with Crippen molar-refractivity contribution >= 4 is 44.3 Å². The predicted molar refractivity (Wildman–Crippen MR) is 141 cm³/mol. The Kier molecular flexibility index (Phi) is 5.73. The summed E-state index contributed by atoms with van der Waals surface area (Å²) in [6.45, 7) is 4.30. The molecule has 34 heavy (non-hydrogen) atoms. The zero-order chi connectivity index (χ0) is 22.9. The first-order chi connectivity index (χ1) is 16.7. The molecule has 6 rings (SSSR count). The molecule has 0 bridgehead atoms. The van der Waals surface area contributed by atoms with Crippen LogP contribution in [-0.4, -0.2) is 53.1 Å². The van der Waals surface area contributed by atoms with Crippen molar-refractivity contribution in [1.29, 1.82) is 0 Å². The van der Waals surface area contributed by atoms with E-state index in [0.717, 1.165) is 62.4 Å². The fraction of sp³-hybridized carbons (Fsp3) is 0.296. The first-order valence-corrected chi connectivity index (χ1v) is 12.8. The van der Waals surface area contributed by atoms with Gasteiger partial charge in [-0.1, -0.05) is 12.1 Å². The minimum Gasteiger partial charge on any atom is -0.369 e. The molecule has 2 aliphatic rings. The normalized spacial score (nSPS) is 16.7. The maximum atomic E-state index is 4.96. The number of fused-ring (bicyclic) bond motifs is 2. The van der Waals surface area contributed by atoms with Gasteiger partial charge in [0.2, 0.25) is 5.95 Å². The van der Waals surface area contributed by atoms with Gasteiger partial charge in [0.15, 0.2) is 0 Å². The van der Waals surface area contributed by atoms with Crippen LogP contribution in [0.25, 0.3) is 15.7 Å². The highest BCUT2D eigenvalue weighted by atomic mass is 32.1. The Hall–Kier alpha value is -3.29. The Balaban J connectivity index is 1.26. The van der Waals surface area contributed by atoms with E-state index in [1.807, 2.05) is 29.9 Å². The van der Waals surface area contributed by atoms with Gasteiger partial charge >= 0.3 is 0 Å². The first-order valence-electron chi connectivity index (χ1n) is 11.9. The molecule has 1 aliphatic heterocycles. The molecule has 0 radical (unpaired) electrons. The lowest BCUT2D eigenvalue weighted by Crippen LogP contribution is -2.44. The molecule has 4 aromatic rings. The van der Waals surface area contributed by atoms with Crippen LogP contribution in [0.5, 0.6) is 0 Å². The van der Waals surface area contributed by atoms with Crippen LogP contribution < -0.4 is 10.2 Å². The summed E-state index contributed by atoms with van der Waals surface area (Å²) in [5.74, 6) is 0.663. The molecule has 7 heteroatoms. The second-order valence-electron chi connectivity index (χ2n) is 9.05. The number of piperazine rings is 1. The number of nitrogens with one attached hydrogen (secondary N) is 1. The van der Waals surface area contributed by atoms with Crippen LogP contribution in [-0.2, 0) is 6.42 Å². The summed E-state index contributed by atoms with van der Waals surface area (Å²) in [6.07, 6.45) is 11.2. The number of hydrogen-bond donors (Lipinski definition) is 1. The van der Waals surface area contributed by atoms with E-state index in [-0.39, 0.29) is 0 Å². The molecule has 6 nitrogen and oxygen atoms in total. The van der Waals surface area contributed by atoms with Crippen LogP contribution in [0, 0.1) is 0 Å². The minimum atomic E-state index is 0.663. The molecule has 0 atom stereocenters. The number of aryl methyl sites for hydroxylation is 1. The van der Waals surface area contributed by atoms with Gasteiger partial charge in [-0.2, -0.15) is 0 Å². The largest absolute Gasteiger partial charge is 0.369 e. The number of hydrogen-bond acceptors (Lipinski definition) is 7. The summed E-state index contributed by atoms with van der Waals surface area (Å²) in [5.41, 5.74) is 5.79. The summed E-state index contributed by atoms with van der Waals surface area (Å²) in [4.78, 5) is 20.0. The molecule has 3 aromatic heterocycles. The van der Waals surface area contributed by atoms with E-state index >= 15 is 0 Å². The molecule has 1 fully saturated rings. The smallest absolute Gasteiger partial charge is 0.227 e. The van der Waals surface area contributed by atoms with Gasteiger partial charge in [0.05, 0.1) is 5.69 Å². The van der Waals surface area contributed by atoms with Crippen molar-refractivity contribution in [2.75, 3.05) is 43.4 Å². The highest BCUT2D eigenvalue weighted by Crippen LogP contribution is 2.37. The number of anilines is 3. The van der Waals surface area contributed by atoms with Gasteiger partial charge in [0.25, 0.3) is 0 Å². The zero-order valence-corrected chi connectivity index (χ0v) is 20.2. The average Bonchev–Trinajstić information content (AvgIpc) is 3.18. The average molecular weight is 469 g/mol. The van der Waals surface area contributed by atoms with E-state index in [0.29, 0.717) is 5.95 Å². The van der Waals surface area contributed by atoms with Crippen molar-refractivity contribution in [2.24, 2.45) is 0 Å². The predicted octanol–water partition coefficient (Wildman–Crippen LogP) is 5.35. The fourth-order valence-corrected chi connectivity index (χ4v) is 5.83. The van der Waals surface area contributed by atoms with Gasteiger partial charge in [-0.15, -0.1) is 11.3 Å². The number of allylic oxidation sites excluding steroid dienone is 1. The lowest BCUT2D eigenvalue weighted by atomic mass is 10.0. The molecule has 1 saturated heterocycles. The highest BCUT2D eigenvalue weighted by molar-refractivity contribution is 7.20. The SMILES string of the molecule is CN1CCN(c2cccc(Nc3ncc4c(n3)CCCC=C4c3cc4cnccc4s3)c2)CC1. The van der Waals surface area contributed by atoms with E-state index < -0.39 is 0 Å². The molecule has 1 aromatic carbocycles. The van der Waals surface area contributed by atoms with Gasteiger partial charge in [-0.3, -0.25) is 4.98 Å². The molecule has 0 saturated carbocycles. The van der Waals surface area contributed by atoms with Crippen LogP contribution in [0.1, 0.15) is 29.0 Å². The monoisotopic (exact) mass is 468 g/mol. The molecule has 172 valence electrons. The molecular weight excluding hydrogens is 440 g/mol. The maximum Gasteiger partial charge on any atom is 0.227 e. The van der Waals surface area contributed by atoms with Crippen molar-refractivity contribution in [2.45, 2.75) is 19.3 Å². The maximum absolute atomic E-state index is 4.96. The van der Waals surface area contributed by atoms with Gasteiger partial charge in [-0.05, 0) is 62.2 Å². The Morgan fingerprint density at radius 2 is 1.94 bits per heavy atom. The molecule has 1 N–H and O–H groups in total. The summed E-state index contributed by atoms with van der Waals surface area (Å²) >= 11 is 1.81. The van der Waals surface area contributed by atoms with E-state index in [2.05, 4.69) is 69.6 Å². The third kappa shape index (κ3) is 4.29. The Morgan fingerprint density at radius 1 is 1.03 bits per heavy atom. The Labute approximate surface area is 204 Å². The van der Waals surface area contributed by atoms with Crippen LogP contribution in [0.4, 0.5) is 17.3 Å². The first kappa shape index (κ1) is 21.3. The second-order valence-corrected chi connectivity index (χ2v) is 10.1. The van der Waals surface area contributed by atoms with Crippen molar-refractivity contribution in [3.05, 3.63) is 77.2 Å². The summed E-state index contributed by atoms with van der Waals surface area (Å²) in [7, 11) is 2.18. The Morgan fingerprint density at radius 3 is 2.82 bits per heavy atom. The van der Waals surface area contributed by atoms with E-state index in [4.69, 9.17) is 9.97 Å². The van der Waals surface area contributed by atoms with E-state index in [1.54, 1.807) is 0 Å². The van der Waals surface area contributed by atoms with E-state index in [1.165, 1.54) is 26.2 Å². The number of nitrogens with zero attached hydrogens (tertiary/aromatic N) is 5. The van der Waals surface area contributed by atoms with Crippen LogP contribution in [0.15, 0.2) is 61.1 Å². The van der Waals surface area contributed by atoms with Crippen molar-refractivity contribution in [3.63, 3.8) is 0 Å². The number of rotatable bonds is 4. The number of aromatic nitrogens is 3. The number of likely N-dealkylation sites (N-methyl/N-ethyl adjacent to an activating group) is 1. The number of thiophene rings is 1. The number of pyridine rings is 1. The van der Waals surface area contributed by atoms with Gasteiger partial charge in [-0.25, -0.2) is 9.97 Å². The topological polar surface area (TPSA) is 57.2 Å². The third-order valence-electron chi connectivity index (χ3n) is 6.68. The fourth-order valence-electron chi connectivity index (χ4n) is 4.74. The minimum absolute atomic E-state index is 0.663. The molecule has 0 spiro atoms. The molecule has 0 amide bonds. The lowest BCUT2D eigenvalue weighted by Gasteiger charge is -2.34. The van der Waals surface area contributed by atoms with Crippen molar-refractivity contribution in [3.8, 4) is 0 Å². The standard InChI is InChI=1S/C27H28N6S/c1-32-11-13-33(14-12-32)21-6-4-5-20(16-21)30-27-29-18-23-22(7-2-3-8-24(23)31-27)26-15-19-17-28-10-9-25(19)34-26/h4-7,9-10,15-18H,2-3,8,11-14H2,1H3,(H,29,30,31). The molecule has 0 unspecified atom stereocenters. The molecule has 4 heterocycles. The van der Waals surface area contributed by atoms with Crippen molar-refractivity contribution in [1.82, 2.24) is 19.9 Å². The van der Waals surface area contributed by atoms with Gasteiger partial charge in [0.1, 0.15) is 0 Å². The Bertz CT molecular complexity index is 1320. The van der Waals surface area contributed by atoms with Crippen molar-refractivity contribution < 1.29 is 0 Å². The second kappa shape index (κ2) is 9.16. The van der Waals surface area contributed by atoms with Crippen LogP contribution in [0.2, 0.25) is 0 Å². The quantitative estimate of drug-likeness (QED) is 0.436. The van der Waals surface area contributed by atoms with Gasteiger partial charge < -0.3 is 15.1 Å². The molecule has 1 aliphatic carbocycles. The summed E-state index contributed by atoms with van der Waals surface area (Å²) < 4.78 is 1.26. The lowest BCUT2D eigenvalue weighted by molar-refractivity contribution is 0.313. The zero-order valence-electron chi connectivity index (χ0n) is 19.4. The third-order valence-corrected chi connectivity index (χ3v) is 7.83. The summed E-state index contributed by atoms with van der Waals surface area (Å²) in [5, 5.41) is 4.64.